The second-order valence-corrected chi connectivity index (χ2v) is 11.4. The number of nitrogens with zero attached hydrogens (tertiary/aromatic N) is 5. The van der Waals surface area contributed by atoms with E-state index < -0.39 is 57.1 Å². The number of anilines is 2. The third kappa shape index (κ3) is 6.50. The summed E-state index contributed by atoms with van der Waals surface area (Å²) in [5.41, 5.74) is 6.41. The van der Waals surface area contributed by atoms with E-state index in [0.29, 0.717) is 11.3 Å². The van der Waals surface area contributed by atoms with E-state index in [9.17, 15) is 14.5 Å². The van der Waals surface area contributed by atoms with Crippen LogP contribution in [0.1, 0.15) is 27.0 Å². The monoisotopic (exact) mass is 581 g/mol. The van der Waals surface area contributed by atoms with Crippen molar-refractivity contribution in [3.63, 3.8) is 0 Å². The van der Waals surface area contributed by atoms with E-state index in [1.165, 1.54) is 17.8 Å². The number of fused-ring (bicyclic) bond motifs is 1. The molecule has 1 aliphatic heterocycles. The van der Waals surface area contributed by atoms with Crippen molar-refractivity contribution in [2.24, 2.45) is 0 Å². The van der Waals surface area contributed by atoms with Crippen LogP contribution in [0.5, 0.6) is 5.75 Å². The van der Waals surface area contributed by atoms with Crippen molar-refractivity contribution in [2.45, 2.75) is 57.5 Å². The molecule has 6 atom stereocenters. The van der Waals surface area contributed by atoms with E-state index in [-0.39, 0.29) is 17.3 Å². The van der Waals surface area contributed by atoms with Crippen molar-refractivity contribution in [1.82, 2.24) is 24.6 Å². The number of nitrogens with one attached hydrogen (secondary N) is 1. The predicted octanol–water partition coefficient (Wildman–Crippen LogP) is 2.20. The van der Waals surface area contributed by atoms with Gasteiger partial charge >= 0.3 is 13.7 Å². The van der Waals surface area contributed by atoms with Gasteiger partial charge in [0.15, 0.2) is 29.4 Å². The molecule has 0 aliphatic carbocycles. The number of aliphatic hydroxyl groups is 1. The van der Waals surface area contributed by atoms with Crippen LogP contribution in [0.15, 0.2) is 36.7 Å². The molecule has 0 radical (unpaired) electrons. The summed E-state index contributed by atoms with van der Waals surface area (Å²) in [4.78, 5) is 26.6. The molecule has 0 amide bonds. The molecule has 2 aromatic heterocycles. The lowest BCUT2D eigenvalue weighted by Gasteiger charge is -2.25. The van der Waals surface area contributed by atoms with Crippen LogP contribution in [-0.4, -0.2) is 81.8 Å². The first-order valence-electron chi connectivity index (χ1n) is 12.5. The van der Waals surface area contributed by atoms with Crippen LogP contribution in [0.3, 0.4) is 0 Å². The molecule has 3 aromatic rings. The highest BCUT2D eigenvalue weighted by Crippen LogP contribution is 2.46. The van der Waals surface area contributed by atoms with Crippen LogP contribution >= 0.6 is 7.75 Å². The molecular weight excluding hydrogens is 548 g/mol. The quantitative estimate of drug-likeness (QED) is 0.222. The van der Waals surface area contributed by atoms with E-state index >= 15 is 4.39 Å². The molecule has 1 aromatic carbocycles. The van der Waals surface area contributed by atoms with Gasteiger partial charge in [-0.3, -0.25) is 13.9 Å². The summed E-state index contributed by atoms with van der Waals surface area (Å²) in [5, 5.41) is 13.2. The maximum atomic E-state index is 15.3. The topological polar surface area (TPSA) is 176 Å². The minimum Gasteiger partial charge on any atom is -0.462 e. The number of halogens is 1. The van der Waals surface area contributed by atoms with E-state index in [4.69, 9.17) is 24.3 Å². The Kier molecular flexibility index (Phi) is 8.90. The number of hydrogen-bond acceptors (Lipinski definition) is 12. The lowest BCUT2D eigenvalue weighted by atomic mass is 10.1. The summed E-state index contributed by atoms with van der Waals surface area (Å²) >= 11 is 0. The lowest BCUT2D eigenvalue weighted by molar-refractivity contribution is -0.149. The van der Waals surface area contributed by atoms with Gasteiger partial charge in [0.05, 0.1) is 19.0 Å². The molecule has 1 aliphatic rings. The van der Waals surface area contributed by atoms with Crippen LogP contribution in [0.4, 0.5) is 16.2 Å². The molecule has 4 rings (SSSR count). The molecule has 4 N–H and O–H groups in total. The molecule has 1 fully saturated rings. The van der Waals surface area contributed by atoms with E-state index in [1.807, 2.05) is 0 Å². The van der Waals surface area contributed by atoms with Crippen LogP contribution in [-0.2, 0) is 23.4 Å². The van der Waals surface area contributed by atoms with E-state index in [2.05, 4.69) is 20.0 Å². The number of alkyl halides is 1. The Balaban J connectivity index is 1.53. The van der Waals surface area contributed by atoms with Crippen molar-refractivity contribution in [1.29, 1.82) is 0 Å². The molecule has 3 heterocycles. The molecule has 16 heteroatoms. The fraction of sp³-hybridized carbons (Fsp3) is 0.500. The summed E-state index contributed by atoms with van der Waals surface area (Å²) in [6.07, 6.45) is -5.29. The zero-order valence-corrected chi connectivity index (χ0v) is 23.6. The Morgan fingerprint density at radius 2 is 1.98 bits per heavy atom. The lowest BCUT2D eigenvalue weighted by Crippen LogP contribution is -2.37. The van der Waals surface area contributed by atoms with Gasteiger partial charge in [-0.2, -0.15) is 15.1 Å². The minimum absolute atomic E-state index is 0.0537. The number of ether oxygens (including phenoxy) is 2. The van der Waals surface area contributed by atoms with Gasteiger partial charge in [0, 0.05) is 14.1 Å². The second kappa shape index (κ2) is 12.0. The van der Waals surface area contributed by atoms with Gasteiger partial charge in [-0.25, -0.2) is 13.9 Å². The third-order valence-electron chi connectivity index (χ3n) is 5.85. The van der Waals surface area contributed by atoms with Gasteiger partial charge in [-0.1, -0.05) is 18.2 Å². The number of imidazole rings is 1. The number of carbonyl (C=O) groups is 1. The average molecular weight is 582 g/mol. The number of rotatable bonds is 11. The van der Waals surface area contributed by atoms with Gasteiger partial charge in [-0.05, 0) is 32.9 Å². The van der Waals surface area contributed by atoms with E-state index in [0.717, 1.165) is 0 Å². The Hall–Kier alpha value is -3.36. The number of para-hydroxylation sites is 1. The summed E-state index contributed by atoms with van der Waals surface area (Å²) in [7, 11) is -0.773. The number of aromatic nitrogens is 4. The smallest absolute Gasteiger partial charge is 0.459 e. The maximum Gasteiger partial charge on any atom is 0.459 e. The average Bonchev–Trinajstić information content (AvgIpc) is 3.42. The minimum atomic E-state index is -4.26. The molecule has 1 saturated heterocycles. The molecule has 0 saturated carbocycles. The van der Waals surface area contributed by atoms with Crippen LogP contribution in [0.25, 0.3) is 11.2 Å². The highest BCUT2D eigenvalue weighted by atomic mass is 31.2. The summed E-state index contributed by atoms with van der Waals surface area (Å²) in [6, 6.07) is 7.06. The molecule has 40 heavy (non-hydrogen) atoms. The van der Waals surface area contributed by atoms with Crippen molar-refractivity contribution < 1.29 is 37.4 Å². The number of carbonyl (C=O) groups excluding carboxylic acids is 1. The Labute approximate surface area is 230 Å². The number of aliphatic hydroxyl groups excluding tert-OH is 1. The third-order valence-corrected chi connectivity index (χ3v) is 7.49. The summed E-state index contributed by atoms with van der Waals surface area (Å²) in [6.45, 7) is 4.24. The number of nitrogens with two attached hydrogens (primary N) is 1. The Morgan fingerprint density at radius 3 is 2.62 bits per heavy atom. The molecule has 1 unspecified atom stereocenters. The number of benzene rings is 1. The zero-order valence-electron chi connectivity index (χ0n) is 22.7. The van der Waals surface area contributed by atoms with Crippen LogP contribution in [0.2, 0.25) is 0 Å². The molecule has 14 nitrogen and oxygen atoms in total. The molecule has 0 spiro atoms. The number of nitrogen functional groups attached to an aromatic ring is 1. The first kappa shape index (κ1) is 29.6. The van der Waals surface area contributed by atoms with Crippen LogP contribution in [0, 0.1) is 0 Å². The summed E-state index contributed by atoms with van der Waals surface area (Å²) in [5.74, 6) is -0.120. The van der Waals surface area contributed by atoms with E-state index in [1.54, 1.807) is 63.2 Å². The fourth-order valence-electron chi connectivity index (χ4n) is 3.99. The zero-order chi connectivity index (χ0) is 29.2. The highest BCUT2D eigenvalue weighted by Gasteiger charge is 2.47. The van der Waals surface area contributed by atoms with Crippen molar-refractivity contribution >= 4 is 36.6 Å². The van der Waals surface area contributed by atoms with Gasteiger partial charge in [-0.15, -0.1) is 0 Å². The van der Waals surface area contributed by atoms with Crippen LogP contribution < -0.4 is 20.2 Å². The van der Waals surface area contributed by atoms with Gasteiger partial charge in [0.2, 0.25) is 5.95 Å². The molecule has 0 bridgehead atoms. The first-order chi connectivity index (χ1) is 18.9. The van der Waals surface area contributed by atoms with Crippen molar-refractivity contribution in [3.8, 4) is 5.75 Å². The SMILES string of the molecule is CC(C)OC(=O)[C@H](C)NP(=O)(OC[C@H]1O[C@@H](n2cnc3c(N(C)C)nc(N)nc32)[C@H](F)[C@@H]1O)Oc1ccccc1. The second-order valence-electron chi connectivity index (χ2n) is 9.66. The molecular formula is C24H33FN7O7P. The van der Waals surface area contributed by atoms with Gasteiger partial charge < -0.3 is 29.7 Å². The van der Waals surface area contributed by atoms with Crippen molar-refractivity contribution in [3.05, 3.63) is 36.7 Å². The highest BCUT2D eigenvalue weighted by molar-refractivity contribution is 7.52. The largest absolute Gasteiger partial charge is 0.462 e. The molecule has 218 valence electrons. The Bertz CT molecular complexity index is 1380. The normalized spacial score (nSPS) is 23.2. The summed E-state index contributed by atoms with van der Waals surface area (Å²) < 4.78 is 52.5. The van der Waals surface area contributed by atoms with Gasteiger partial charge in [0.25, 0.3) is 0 Å². The maximum absolute atomic E-state index is 15.3. The standard InChI is InChI=1S/C24H33FN7O7P/c1-13(2)37-23(34)14(3)30-40(35,39-15-9-7-6-8-10-15)36-11-16-19(33)17(25)22(38-16)32-12-27-18-20(31(4)5)28-24(26)29-21(18)32/h6-10,12-14,16-17,19,22,33H,11H2,1-5H3,(H,30,35)(H2,26,28,29)/t14-,16+,17+,19+,22+,40?/m0/s1. The first-order valence-corrected chi connectivity index (χ1v) is 14.0. The Morgan fingerprint density at radius 1 is 1.27 bits per heavy atom. The van der Waals surface area contributed by atoms with Gasteiger partial charge in [0.1, 0.15) is 24.0 Å². The number of hydrogen-bond donors (Lipinski definition) is 3. The predicted molar refractivity (Wildman–Crippen MR) is 143 cm³/mol. The fourth-order valence-corrected chi connectivity index (χ4v) is 5.49. The van der Waals surface area contributed by atoms with Crippen molar-refractivity contribution in [2.75, 3.05) is 31.3 Å². The number of esters is 1.